The van der Waals surface area contributed by atoms with Gasteiger partial charge in [0.05, 0.1) is 20.8 Å². The van der Waals surface area contributed by atoms with Crippen LogP contribution in [-0.4, -0.2) is 25.6 Å². The second-order valence-electron chi connectivity index (χ2n) is 8.05. The van der Waals surface area contributed by atoms with Crippen molar-refractivity contribution in [2.45, 2.75) is 32.6 Å². The lowest BCUT2D eigenvalue weighted by molar-refractivity contribution is -0.384. The van der Waals surface area contributed by atoms with Crippen molar-refractivity contribution in [1.82, 2.24) is 14.8 Å². The number of hydrogen-bond acceptors (Lipinski definition) is 6. The number of hydrogen-bond donors (Lipinski definition) is 1. The number of amides is 1. The van der Waals surface area contributed by atoms with Crippen LogP contribution in [0.4, 0.5) is 11.5 Å². The molecule has 0 fully saturated rings. The fourth-order valence-corrected chi connectivity index (χ4v) is 4.99. The number of nitrogens with zero attached hydrogens (tertiary/aromatic N) is 4. The minimum absolute atomic E-state index is 0.00710. The Morgan fingerprint density at radius 3 is 2.61 bits per heavy atom. The van der Waals surface area contributed by atoms with Crippen LogP contribution < -0.4 is 5.32 Å². The zero-order valence-electron chi connectivity index (χ0n) is 17.9. The van der Waals surface area contributed by atoms with E-state index in [-0.39, 0.29) is 11.6 Å². The van der Waals surface area contributed by atoms with Gasteiger partial charge in [-0.05, 0) is 79.6 Å². The maximum absolute atomic E-state index is 12.5. The van der Waals surface area contributed by atoms with Crippen LogP contribution in [0.25, 0.3) is 21.4 Å². The van der Waals surface area contributed by atoms with Crippen molar-refractivity contribution in [2.24, 2.45) is 0 Å². The maximum Gasteiger partial charge on any atom is 0.269 e. The number of rotatable bonds is 5. The van der Waals surface area contributed by atoms with Gasteiger partial charge in [0.15, 0.2) is 0 Å². The summed E-state index contributed by atoms with van der Waals surface area (Å²) in [6.45, 7) is 1.87. The van der Waals surface area contributed by atoms with Crippen LogP contribution in [0.3, 0.4) is 0 Å². The Morgan fingerprint density at radius 1 is 1.15 bits per heavy atom. The van der Waals surface area contributed by atoms with E-state index in [1.807, 2.05) is 6.92 Å². The molecule has 33 heavy (non-hydrogen) atoms. The molecule has 0 saturated heterocycles. The Bertz CT molecular complexity index is 1360. The fourth-order valence-electron chi connectivity index (χ4n) is 4.02. The number of non-ortho nitro benzene ring substituents is 1. The average Bonchev–Trinajstić information content (AvgIpc) is 3.38. The first kappa shape index (κ1) is 21.0. The summed E-state index contributed by atoms with van der Waals surface area (Å²) in [5.41, 5.74) is 5.21. The lowest BCUT2D eigenvalue weighted by Crippen LogP contribution is -2.12. The highest BCUT2D eigenvalue weighted by molar-refractivity contribution is 7.20. The van der Waals surface area contributed by atoms with Crippen LogP contribution in [0.5, 0.6) is 0 Å². The second kappa shape index (κ2) is 8.59. The van der Waals surface area contributed by atoms with Crippen LogP contribution >= 0.6 is 11.3 Å². The molecule has 4 aromatic rings. The predicted molar refractivity (Wildman–Crippen MR) is 129 cm³/mol. The van der Waals surface area contributed by atoms with Gasteiger partial charge in [0.25, 0.3) is 5.69 Å². The van der Waals surface area contributed by atoms with Gasteiger partial charge in [0, 0.05) is 24.3 Å². The first-order valence-corrected chi connectivity index (χ1v) is 11.5. The Morgan fingerprint density at radius 2 is 1.88 bits per heavy atom. The van der Waals surface area contributed by atoms with E-state index in [1.54, 1.807) is 40.3 Å². The Kier molecular flexibility index (Phi) is 5.47. The number of nitro benzene ring substituents is 1. The number of carbonyl (C=O) groups excluding carboxylic acids is 1. The Hall–Kier alpha value is -3.85. The highest BCUT2D eigenvalue weighted by atomic mass is 32.1. The van der Waals surface area contributed by atoms with Gasteiger partial charge >= 0.3 is 0 Å². The zero-order chi connectivity index (χ0) is 22.9. The van der Waals surface area contributed by atoms with Crippen LogP contribution in [-0.2, 0) is 17.6 Å². The summed E-state index contributed by atoms with van der Waals surface area (Å²) in [5.74, 6) is 0.209. The standard InChI is InChI=1S/C24H21N5O3S/c1-15-12-22(26-23(30)11-8-16-6-9-19(10-7-16)29(31)32)28(27-15)24-25-20-13-17-4-2-3-5-18(17)14-21(20)33-24/h6-14H,2-5H2,1H3,(H,26,30)/b11-8-. The molecule has 8 nitrogen and oxygen atoms in total. The molecule has 1 aliphatic rings. The number of thiazole rings is 1. The molecule has 0 atom stereocenters. The van der Waals surface area contributed by atoms with E-state index in [0.29, 0.717) is 16.5 Å². The molecule has 166 valence electrons. The van der Waals surface area contributed by atoms with E-state index in [2.05, 4.69) is 22.5 Å². The molecule has 9 heteroatoms. The summed E-state index contributed by atoms with van der Waals surface area (Å²) in [4.78, 5) is 27.6. The van der Waals surface area contributed by atoms with Crippen LogP contribution in [0, 0.1) is 17.0 Å². The quantitative estimate of drug-likeness (QED) is 0.250. The van der Waals surface area contributed by atoms with Crippen LogP contribution in [0.1, 0.15) is 35.2 Å². The zero-order valence-corrected chi connectivity index (χ0v) is 18.8. The van der Waals surface area contributed by atoms with Crippen molar-refractivity contribution in [3.63, 3.8) is 0 Å². The van der Waals surface area contributed by atoms with Gasteiger partial charge in [0.2, 0.25) is 11.0 Å². The van der Waals surface area contributed by atoms with Crippen molar-refractivity contribution >= 4 is 45.0 Å². The topological polar surface area (TPSA) is 103 Å². The minimum atomic E-state index is -0.457. The number of anilines is 1. The van der Waals surface area contributed by atoms with Crippen molar-refractivity contribution in [2.75, 3.05) is 5.32 Å². The molecule has 2 aromatic heterocycles. The van der Waals surface area contributed by atoms with Gasteiger partial charge in [0.1, 0.15) is 5.82 Å². The van der Waals surface area contributed by atoms with E-state index in [1.165, 1.54) is 42.2 Å². The molecular weight excluding hydrogens is 438 g/mol. The van der Waals surface area contributed by atoms with E-state index in [4.69, 9.17) is 4.98 Å². The second-order valence-corrected chi connectivity index (χ2v) is 9.06. The van der Waals surface area contributed by atoms with E-state index in [0.717, 1.165) is 28.8 Å². The van der Waals surface area contributed by atoms with Gasteiger partial charge in [-0.2, -0.15) is 9.78 Å². The number of nitrogens with one attached hydrogen (secondary N) is 1. The molecule has 0 aliphatic heterocycles. The summed E-state index contributed by atoms with van der Waals surface area (Å²) < 4.78 is 2.78. The van der Waals surface area contributed by atoms with E-state index < -0.39 is 4.92 Å². The third-order valence-electron chi connectivity index (χ3n) is 5.64. The summed E-state index contributed by atoms with van der Waals surface area (Å²) in [6.07, 6.45) is 7.65. The molecule has 0 saturated carbocycles. The number of carbonyl (C=O) groups is 1. The van der Waals surface area contributed by atoms with Crippen molar-refractivity contribution in [1.29, 1.82) is 0 Å². The van der Waals surface area contributed by atoms with E-state index >= 15 is 0 Å². The summed E-state index contributed by atoms with van der Waals surface area (Å²) >= 11 is 1.56. The molecule has 1 aliphatic carbocycles. The monoisotopic (exact) mass is 459 g/mol. The fraction of sp³-hybridized carbons (Fsp3) is 0.208. The minimum Gasteiger partial charge on any atom is -0.307 e. The van der Waals surface area contributed by atoms with Crippen molar-refractivity contribution in [3.05, 3.63) is 81.0 Å². The number of aryl methyl sites for hydroxylation is 3. The summed E-state index contributed by atoms with van der Waals surface area (Å²) in [6, 6.07) is 12.2. The molecule has 2 heterocycles. The maximum atomic E-state index is 12.5. The summed E-state index contributed by atoms with van der Waals surface area (Å²) in [7, 11) is 0. The first-order valence-electron chi connectivity index (χ1n) is 10.7. The molecule has 0 spiro atoms. The lowest BCUT2D eigenvalue weighted by atomic mass is 9.92. The van der Waals surface area contributed by atoms with Crippen molar-refractivity contribution < 1.29 is 9.72 Å². The van der Waals surface area contributed by atoms with Crippen LogP contribution in [0.2, 0.25) is 0 Å². The Balaban J connectivity index is 1.37. The Labute approximate surface area is 193 Å². The smallest absolute Gasteiger partial charge is 0.269 e. The number of benzene rings is 2. The van der Waals surface area contributed by atoms with Gasteiger partial charge < -0.3 is 5.32 Å². The molecule has 0 unspecified atom stereocenters. The first-order chi connectivity index (χ1) is 16.0. The predicted octanol–water partition coefficient (Wildman–Crippen LogP) is 5.23. The summed E-state index contributed by atoms with van der Waals surface area (Å²) in [5, 5.41) is 18.9. The lowest BCUT2D eigenvalue weighted by Gasteiger charge is -2.14. The molecule has 1 amide bonds. The van der Waals surface area contributed by atoms with E-state index in [9.17, 15) is 14.9 Å². The molecule has 2 aromatic carbocycles. The number of nitro groups is 1. The molecule has 0 radical (unpaired) electrons. The van der Waals surface area contributed by atoms with Gasteiger partial charge in [-0.25, -0.2) is 4.98 Å². The number of aromatic nitrogens is 3. The SMILES string of the molecule is Cc1cc(NC(=O)/C=C\c2ccc([N+](=O)[O-])cc2)n(-c2nc3cc4c(cc3s2)CCCC4)n1. The van der Waals surface area contributed by atoms with Crippen molar-refractivity contribution in [3.8, 4) is 5.13 Å². The van der Waals surface area contributed by atoms with Gasteiger partial charge in [-0.15, -0.1) is 0 Å². The van der Waals surface area contributed by atoms with Crippen LogP contribution in [0.15, 0.2) is 48.5 Å². The average molecular weight is 460 g/mol. The molecule has 1 N–H and O–H groups in total. The molecule has 0 bridgehead atoms. The number of fused-ring (bicyclic) bond motifs is 2. The highest BCUT2D eigenvalue weighted by Crippen LogP contribution is 2.32. The normalized spacial score (nSPS) is 13.4. The van der Waals surface area contributed by atoms with Gasteiger partial charge in [-0.1, -0.05) is 11.3 Å². The highest BCUT2D eigenvalue weighted by Gasteiger charge is 2.17. The molecule has 5 rings (SSSR count). The van der Waals surface area contributed by atoms with Gasteiger partial charge in [-0.3, -0.25) is 14.9 Å². The largest absolute Gasteiger partial charge is 0.307 e. The third kappa shape index (κ3) is 4.40. The third-order valence-corrected chi connectivity index (χ3v) is 6.63. The molecular formula is C24H21N5O3S.